The van der Waals surface area contributed by atoms with E-state index in [1.807, 2.05) is 38.1 Å². The third kappa shape index (κ3) is 3.56. The highest BCUT2D eigenvalue weighted by Crippen LogP contribution is 2.17. The van der Waals surface area contributed by atoms with Gasteiger partial charge in [0.05, 0.1) is 6.61 Å². The van der Waals surface area contributed by atoms with Crippen LogP contribution in [0.1, 0.15) is 28.7 Å². The minimum Gasteiger partial charge on any atom is -0.477 e. The maximum Gasteiger partial charge on any atom is 0.256 e. The van der Waals surface area contributed by atoms with Gasteiger partial charge in [-0.25, -0.2) is 4.98 Å². The highest BCUT2D eigenvalue weighted by Gasteiger charge is 2.13. The quantitative estimate of drug-likeness (QED) is 0.732. The Morgan fingerprint density at radius 1 is 1.25 bits per heavy atom. The van der Waals surface area contributed by atoms with E-state index in [0.29, 0.717) is 24.6 Å². The van der Waals surface area contributed by atoms with Crippen molar-refractivity contribution in [1.29, 1.82) is 0 Å². The van der Waals surface area contributed by atoms with Crippen LogP contribution in [0.4, 0.5) is 0 Å². The molecule has 5 heteroatoms. The molecule has 0 bridgehead atoms. The monoisotopic (exact) mass is 323 g/mol. The van der Waals surface area contributed by atoms with Crippen LogP contribution in [0.15, 0.2) is 42.5 Å². The number of nitrogens with zero attached hydrogens (tertiary/aromatic N) is 1. The molecule has 0 unspecified atom stereocenters. The van der Waals surface area contributed by atoms with Gasteiger partial charge in [0.1, 0.15) is 5.56 Å². The number of amides is 1. The summed E-state index contributed by atoms with van der Waals surface area (Å²) in [5.74, 6) is 0.225. The maximum atomic E-state index is 12.4. The first-order chi connectivity index (χ1) is 11.7. The van der Waals surface area contributed by atoms with E-state index in [-0.39, 0.29) is 5.91 Å². The molecule has 2 heterocycles. The van der Waals surface area contributed by atoms with E-state index in [4.69, 9.17) is 4.74 Å². The van der Waals surface area contributed by atoms with E-state index in [1.165, 1.54) is 5.39 Å². The van der Waals surface area contributed by atoms with E-state index >= 15 is 0 Å². The summed E-state index contributed by atoms with van der Waals surface area (Å²) in [6.07, 6.45) is 0.740. The van der Waals surface area contributed by atoms with Crippen molar-refractivity contribution in [1.82, 2.24) is 15.3 Å². The first-order valence-corrected chi connectivity index (χ1v) is 8.12. The summed E-state index contributed by atoms with van der Waals surface area (Å²) in [7, 11) is 0. The van der Waals surface area contributed by atoms with Crippen LogP contribution in [-0.2, 0) is 6.42 Å². The number of nitrogens with one attached hydrogen (secondary N) is 2. The number of aromatic amines is 1. The second-order valence-corrected chi connectivity index (χ2v) is 5.63. The van der Waals surface area contributed by atoms with Gasteiger partial charge in [0, 0.05) is 29.9 Å². The number of H-pyrrole nitrogens is 1. The molecule has 0 saturated carbocycles. The SMILES string of the molecule is CCOc1nc(C)ccc1C(=O)NCCc1cc2ccccc2[nH]1. The first kappa shape index (κ1) is 16.1. The van der Waals surface area contributed by atoms with Gasteiger partial charge in [-0.3, -0.25) is 4.79 Å². The van der Waals surface area contributed by atoms with Crippen LogP contribution in [0, 0.1) is 6.92 Å². The molecule has 0 saturated heterocycles. The maximum absolute atomic E-state index is 12.4. The highest BCUT2D eigenvalue weighted by atomic mass is 16.5. The summed E-state index contributed by atoms with van der Waals surface area (Å²) in [6, 6.07) is 13.8. The smallest absolute Gasteiger partial charge is 0.256 e. The zero-order valence-corrected chi connectivity index (χ0v) is 13.9. The van der Waals surface area contributed by atoms with Crippen molar-refractivity contribution >= 4 is 16.8 Å². The minimum atomic E-state index is -0.165. The summed E-state index contributed by atoms with van der Waals surface area (Å²) < 4.78 is 5.47. The van der Waals surface area contributed by atoms with E-state index in [0.717, 1.165) is 23.3 Å². The third-order valence-electron chi connectivity index (χ3n) is 3.79. The van der Waals surface area contributed by atoms with E-state index < -0.39 is 0 Å². The fourth-order valence-electron chi connectivity index (χ4n) is 2.63. The van der Waals surface area contributed by atoms with Gasteiger partial charge in [0.15, 0.2) is 0 Å². The van der Waals surface area contributed by atoms with Crippen LogP contribution in [0.5, 0.6) is 5.88 Å². The van der Waals surface area contributed by atoms with Crippen molar-refractivity contribution in [2.45, 2.75) is 20.3 Å². The topological polar surface area (TPSA) is 67.0 Å². The molecule has 124 valence electrons. The number of hydrogen-bond donors (Lipinski definition) is 2. The van der Waals surface area contributed by atoms with Crippen LogP contribution in [0.2, 0.25) is 0 Å². The number of carbonyl (C=O) groups is 1. The third-order valence-corrected chi connectivity index (χ3v) is 3.79. The lowest BCUT2D eigenvalue weighted by Crippen LogP contribution is -2.26. The normalized spacial score (nSPS) is 10.8. The number of carbonyl (C=O) groups excluding carboxylic acids is 1. The predicted molar refractivity (Wildman–Crippen MR) is 94.5 cm³/mol. The molecule has 5 nitrogen and oxygen atoms in total. The second-order valence-electron chi connectivity index (χ2n) is 5.63. The van der Waals surface area contributed by atoms with Crippen molar-refractivity contribution in [3.05, 3.63) is 59.4 Å². The number of hydrogen-bond acceptors (Lipinski definition) is 3. The van der Waals surface area contributed by atoms with Crippen LogP contribution in [-0.4, -0.2) is 29.0 Å². The van der Waals surface area contributed by atoms with Crippen LogP contribution >= 0.6 is 0 Å². The molecule has 24 heavy (non-hydrogen) atoms. The van der Waals surface area contributed by atoms with E-state index in [9.17, 15) is 4.79 Å². The van der Waals surface area contributed by atoms with Gasteiger partial charge in [-0.2, -0.15) is 0 Å². The standard InChI is InChI=1S/C19H21N3O2/c1-3-24-19-16(9-8-13(2)21-19)18(23)20-11-10-15-12-14-6-4-5-7-17(14)22-15/h4-9,12,22H,3,10-11H2,1-2H3,(H,20,23). The number of benzene rings is 1. The molecule has 0 atom stereocenters. The van der Waals surface area contributed by atoms with Gasteiger partial charge in [0.2, 0.25) is 5.88 Å². The van der Waals surface area contributed by atoms with Crippen LogP contribution in [0.25, 0.3) is 10.9 Å². The molecule has 3 rings (SSSR count). The number of ether oxygens (including phenoxy) is 1. The number of aryl methyl sites for hydroxylation is 1. The zero-order chi connectivity index (χ0) is 16.9. The van der Waals surface area contributed by atoms with Gasteiger partial charge in [-0.1, -0.05) is 18.2 Å². The Bertz CT molecular complexity index is 822. The molecular formula is C19H21N3O2. The molecular weight excluding hydrogens is 302 g/mol. The Morgan fingerprint density at radius 3 is 2.88 bits per heavy atom. The summed E-state index contributed by atoms with van der Waals surface area (Å²) in [4.78, 5) is 20.0. The molecule has 0 fully saturated rings. The largest absolute Gasteiger partial charge is 0.477 e. The molecule has 0 aliphatic carbocycles. The lowest BCUT2D eigenvalue weighted by atomic mass is 10.2. The van der Waals surface area contributed by atoms with Gasteiger partial charge in [0.25, 0.3) is 5.91 Å². The Kier molecular flexibility index (Phi) is 4.79. The number of aromatic nitrogens is 2. The Balaban J connectivity index is 1.63. The molecule has 0 spiro atoms. The fraction of sp³-hybridized carbons (Fsp3) is 0.263. The molecule has 2 N–H and O–H groups in total. The molecule has 1 aromatic carbocycles. The molecule has 0 aliphatic heterocycles. The number of rotatable bonds is 6. The van der Waals surface area contributed by atoms with Crippen molar-refractivity contribution in [3.8, 4) is 5.88 Å². The molecule has 0 aliphatic rings. The number of para-hydroxylation sites is 1. The van der Waals surface area contributed by atoms with Gasteiger partial charge >= 0.3 is 0 Å². The summed E-state index contributed by atoms with van der Waals surface area (Å²) >= 11 is 0. The number of pyridine rings is 1. The Hall–Kier alpha value is -2.82. The summed E-state index contributed by atoms with van der Waals surface area (Å²) in [5, 5.41) is 4.11. The van der Waals surface area contributed by atoms with Crippen LogP contribution < -0.4 is 10.1 Å². The molecule has 3 aromatic rings. The van der Waals surface area contributed by atoms with Crippen molar-refractivity contribution in [2.24, 2.45) is 0 Å². The van der Waals surface area contributed by atoms with Gasteiger partial charge < -0.3 is 15.0 Å². The first-order valence-electron chi connectivity index (χ1n) is 8.12. The lowest BCUT2D eigenvalue weighted by molar-refractivity contribution is 0.0949. The second kappa shape index (κ2) is 7.17. The number of fused-ring (bicyclic) bond motifs is 1. The predicted octanol–water partition coefficient (Wildman–Crippen LogP) is 3.24. The Morgan fingerprint density at radius 2 is 2.08 bits per heavy atom. The zero-order valence-electron chi connectivity index (χ0n) is 13.9. The average Bonchev–Trinajstić information content (AvgIpc) is 2.98. The minimum absolute atomic E-state index is 0.165. The van der Waals surface area contributed by atoms with Gasteiger partial charge in [-0.15, -0.1) is 0 Å². The van der Waals surface area contributed by atoms with Crippen molar-refractivity contribution in [3.63, 3.8) is 0 Å². The molecule has 0 radical (unpaired) electrons. The van der Waals surface area contributed by atoms with Crippen LogP contribution in [0.3, 0.4) is 0 Å². The van der Waals surface area contributed by atoms with E-state index in [2.05, 4.69) is 27.4 Å². The van der Waals surface area contributed by atoms with Crippen molar-refractivity contribution < 1.29 is 9.53 Å². The summed E-state index contributed by atoms with van der Waals surface area (Å²) in [5.41, 5.74) is 3.51. The Labute approximate surface area is 141 Å². The van der Waals surface area contributed by atoms with Gasteiger partial charge in [-0.05, 0) is 43.5 Å². The fourth-order valence-corrected chi connectivity index (χ4v) is 2.63. The molecule has 1 amide bonds. The average molecular weight is 323 g/mol. The summed E-state index contributed by atoms with van der Waals surface area (Å²) in [6.45, 7) is 4.78. The van der Waals surface area contributed by atoms with E-state index in [1.54, 1.807) is 6.07 Å². The molecule has 2 aromatic heterocycles. The highest BCUT2D eigenvalue weighted by molar-refractivity contribution is 5.96. The lowest BCUT2D eigenvalue weighted by Gasteiger charge is -2.10. The van der Waals surface area contributed by atoms with Crippen molar-refractivity contribution in [2.75, 3.05) is 13.2 Å².